The van der Waals surface area contributed by atoms with Crippen LogP contribution >= 0.6 is 23.2 Å². The van der Waals surface area contributed by atoms with E-state index in [1.807, 2.05) is 0 Å². The number of rotatable bonds is 5. The molecule has 0 aliphatic heterocycles. The maximum atomic E-state index is 12.2. The van der Waals surface area contributed by atoms with E-state index in [1.54, 1.807) is 48.5 Å². The van der Waals surface area contributed by atoms with Crippen molar-refractivity contribution in [2.24, 2.45) is 0 Å². The molecule has 1 fully saturated rings. The highest BCUT2D eigenvalue weighted by Gasteiger charge is 2.24. The quantitative estimate of drug-likeness (QED) is 0.754. The van der Waals surface area contributed by atoms with Crippen molar-refractivity contribution in [1.29, 1.82) is 0 Å². The number of nitrogens with one attached hydrogen (secondary N) is 2. The molecule has 0 unspecified atom stereocenters. The Morgan fingerprint density at radius 2 is 1.84 bits per heavy atom. The summed E-state index contributed by atoms with van der Waals surface area (Å²) in [5.74, 6) is -0.539. The molecule has 0 bridgehead atoms. The summed E-state index contributed by atoms with van der Waals surface area (Å²) in [5, 5.41) is 6.67. The highest BCUT2D eigenvalue weighted by molar-refractivity contribution is 6.34. The molecule has 6 heteroatoms. The van der Waals surface area contributed by atoms with Gasteiger partial charge in [0, 0.05) is 22.2 Å². The van der Waals surface area contributed by atoms with Crippen molar-refractivity contribution >= 4 is 46.8 Å². The van der Waals surface area contributed by atoms with E-state index in [0.717, 1.165) is 12.8 Å². The molecule has 0 atom stereocenters. The Morgan fingerprint density at radius 3 is 2.60 bits per heavy atom. The molecule has 2 aromatic carbocycles. The molecule has 1 aliphatic rings. The van der Waals surface area contributed by atoms with Gasteiger partial charge in [-0.2, -0.15) is 0 Å². The molecular weight excluding hydrogens is 359 g/mol. The summed E-state index contributed by atoms with van der Waals surface area (Å²) in [5.41, 5.74) is 1.55. The van der Waals surface area contributed by atoms with Crippen molar-refractivity contribution in [1.82, 2.24) is 5.32 Å². The summed E-state index contributed by atoms with van der Waals surface area (Å²) in [6, 6.07) is 12.2. The Balaban J connectivity index is 1.71. The molecule has 2 aromatic rings. The molecule has 0 spiro atoms. The molecule has 0 heterocycles. The van der Waals surface area contributed by atoms with Crippen LogP contribution in [0.3, 0.4) is 0 Å². The first-order chi connectivity index (χ1) is 12.0. The first-order valence-electron chi connectivity index (χ1n) is 7.87. The second-order valence-electron chi connectivity index (χ2n) is 5.78. The van der Waals surface area contributed by atoms with Crippen LogP contribution in [0.4, 0.5) is 5.69 Å². The highest BCUT2D eigenvalue weighted by atomic mass is 35.5. The Bertz CT molecular complexity index is 845. The highest BCUT2D eigenvalue weighted by Crippen LogP contribution is 2.23. The SMILES string of the molecule is O=C(/C=C/c1cc(Cl)ccc1Cl)Nc1ccccc1C(=O)NC1CC1. The minimum atomic E-state index is -0.359. The third-order valence-electron chi connectivity index (χ3n) is 3.71. The van der Waals surface area contributed by atoms with Crippen molar-refractivity contribution in [2.75, 3.05) is 5.32 Å². The van der Waals surface area contributed by atoms with Gasteiger partial charge in [0.1, 0.15) is 0 Å². The van der Waals surface area contributed by atoms with Crippen LogP contribution in [0.1, 0.15) is 28.8 Å². The molecule has 0 radical (unpaired) electrons. The number of carbonyl (C=O) groups is 2. The largest absolute Gasteiger partial charge is 0.349 e. The maximum absolute atomic E-state index is 12.2. The molecule has 4 nitrogen and oxygen atoms in total. The summed E-state index contributed by atoms with van der Waals surface area (Å²) < 4.78 is 0. The number of carbonyl (C=O) groups excluding carboxylic acids is 2. The summed E-state index contributed by atoms with van der Waals surface area (Å²) in [6.07, 6.45) is 4.94. The van der Waals surface area contributed by atoms with E-state index in [9.17, 15) is 9.59 Å². The zero-order chi connectivity index (χ0) is 17.8. The lowest BCUT2D eigenvalue weighted by Crippen LogP contribution is -2.26. The monoisotopic (exact) mass is 374 g/mol. The van der Waals surface area contributed by atoms with Crippen molar-refractivity contribution in [3.05, 3.63) is 69.7 Å². The van der Waals surface area contributed by atoms with Gasteiger partial charge in [-0.25, -0.2) is 0 Å². The van der Waals surface area contributed by atoms with Gasteiger partial charge in [-0.1, -0.05) is 35.3 Å². The van der Waals surface area contributed by atoms with Gasteiger partial charge < -0.3 is 10.6 Å². The molecule has 0 aromatic heterocycles. The van der Waals surface area contributed by atoms with Crippen molar-refractivity contribution in [3.63, 3.8) is 0 Å². The number of anilines is 1. The Kier molecular flexibility index (Phi) is 5.41. The molecule has 2 N–H and O–H groups in total. The van der Waals surface area contributed by atoms with E-state index in [-0.39, 0.29) is 17.9 Å². The Labute approximate surface area is 155 Å². The molecule has 1 aliphatic carbocycles. The average molecular weight is 375 g/mol. The smallest absolute Gasteiger partial charge is 0.253 e. The molecule has 0 saturated heterocycles. The van der Waals surface area contributed by atoms with Crippen LogP contribution in [0.5, 0.6) is 0 Å². The van der Waals surface area contributed by atoms with Gasteiger partial charge in [0.05, 0.1) is 11.3 Å². The fraction of sp³-hybridized carbons (Fsp3) is 0.158. The van der Waals surface area contributed by atoms with E-state index in [1.165, 1.54) is 6.08 Å². The average Bonchev–Trinajstić information content (AvgIpc) is 3.40. The third-order valence-corrected chi connectivity index (χ3v) is 4.29. The minimum Gasteiger partial charge on any atom is -0.349 e. The molecular formula is C19H16Cl2N2O2. The number of hydrogen-bond acceptors (Lipinski definition) is 2. The lowest BCUT2D eigenvalue weighted by molar-refractivity contribution is -0.111. The lowest BCUT2D eigenvalue weighted by atomic mass is 10.1. The zero-order valence-electron chi connectivity index (χ0n) is 13.3. The van der Waals surface area contributed by atoms with Crippen LogP contribution in [0.15, 0.2) is 48.5 Å². The fourth-order valence-electron chi connectivity index (χ4n) is 2.26. The summed E-state index contributed by atoms with van der Waals surface area (Å²) in [4.78, 5) is 24.4. The molecule has 2 amide bonds. The maximum Gasteiger partial charge on any atom is 0.253 e. The normalized spacial score (nSPS) is 13.7. The van der Waals surface area contributed by atoms with Gasteiger partial charge in [0.2, 0.25) is 5.91 Å². The second kappa shape index (κ2) is 7.72. The number of hydrogen-bond donors (Lipinski definition) is 2. The zero-order valence-corrected chi connectivity index (χ0v) is 14.8. The van der Waals surface area contributed by atoms with E-state index < -0.39 is 0 Å². The van der Waals surface area contributed by atoms with Gasteiger partial charge in [-0.15, -0.1) is 0 Å². The van der Waals surface area contributed by atoms with E-state index in [2.05, 4.69) is 10.6 Å². The second-order valence-corrected chi connectivity index (χ2v) is 6.63. The van der Waals surface area contributed by atoms with Gasteiger partial charge in [-0.3, -0.25) is 9.59 Å². The minimum absolute atomic E-state index is 0.180. The molecule has 25 heavy (non-hydrogen) atoms. The number of para-hydroxylation sites is 1. The van der Waals surface area contributed by atoms with Gasteiger partial charge in [-0.05, 0) is 54.8 Å². The Morgan fingerprint density at radius 1 is 1.08 bits per heavy atom. The van der Waals surface area contributed by atoms with E-state index in [4.69, 9.17) is 23.2 Å². The first kappa shape index (κ1) is 17.5. The van der Waals surface area contributed by atoms with Gasteiger partial charge in [0.25, 0.3) is 5.91 Å². The van der Waals surface area contributed by atoms with Crippen LogP contribution < -0.4 is 10.6 Å². The predicted molar refractivity (Wildman–Crippen MR) is 101 cm³/mol. The van der Waals surface area contributed by atoms with Crippen molar-refractivity contribution < 1.29 is 9.59 Å². The van der Waals surface area contributed by atoms with E-state index in [0.29, 0.717) is 26.9 Å². The van der Waals surface area contributed by atoms with Crippen LogP contribution in [0.25, 0.3) is 6.08 Å². The first-order valence-corrected chi connectivity index (χ1v) is 8.62. The molecule has 3 rings (SSSR count). The van der Waals surface area contributed by atoms with Crippen LogP contribution in [-0.2, 0) is 4.79 Å². The van der Waals surface area contributed by atoms with Gasteiger partial charge in [0.15, 0.2) is 0 Å². The summed E-state index contributed by atoms with van der Waals surface area (Å²) in [7, 11) is 0. The number of halogens is 2. The van der Waals surface area contributed by atoms with Crippen LogP contribution in [-0.4, -0.2) is 17.9 Å². The number of benzene rings is 2. The van der Waals surface area contributed by atoms with Crippen LogP contribution in [0.2, 0.25) is 10.0 Å². The standard InChI is InChI=1S/C19H16Cl2N2O2/c20-13-6-9-16(21)12(11-13)5-10-18(24)23-17-4-2-1-3-15(17)19(25)22-14-7-8-14/h1-6,9-11,14H,7-8H2,(H,22,25)(H,23,24)/b10-5+. The number of amides is 2. The molecule has 1 saturated carbocycles. The third kappa shape index (κ3) is 4.84. The van der Waals surface area contributed by atoms with Crippen LogP contribution in [0, 0.1) is 0 Å². The lowest BCUT2D eigenvalue weighted by Gasteiger charge is -2.10. The Hall–Kier alpha value is -2.30. The molecule has 128 valence electrons. The van der Waals surface area contributed by atoms with Crippen molar-refractivity contribution in [3.8, 4) is 0 Å². The summed E-state index contributed by atoms with van der Waals surface area (Å²) >= 11 is 12.0. The topological polar surface area (TPSA) is 58.2 Å². The van der Waals surface area contributed by atoms with Crippen molar-refractivity contribution in [2.45, 2.75) is 18.9 Å². The summed E-state index contributed by atoms with van der Waals surface area (Å²) in [6.45, 7) is 0. The van der Waals surface area contributed by atoms with E-state index >= 15 is 0 Å². The predicted octanol–water partition coefficient (Wildman–Crippen LogP) is 4.54. The van der Waals surface area contributed by atoms with Gasteiger partial charge >= 0.3 is 0 Å². The fourth-order valence-corrected chi connectivity index (χ4v) is 2.62.